The number of hydrogen-bond acceptors (Lipinski definition) is 4. The fourth-order valence-electron chi connectivity index (χ4n) is 2.06. The van der Waals surface area contributed by atoms with Gasteiger partial charge in [-0.1, -0.05) is 0 Å². The first-order valence-corrected chi connectivity index (χ1v) is 7.84. The Hall–Kier alpha value is -1.41. The first-order valence-electron chi connectivity index (χ1n) is 6.35. The van der Waals surface area contributed by atoms with Crippen molar-refractivity contribution in [3.05, 3.63) is 12.5 Å². The van der Waals surface area contributed by atoms with Crippen LogP contribution >= 0.6 is 0 Å². The summed E-state index contributed by atoms with van der Waals surface area (Å²) in [4.78, 5) is 19.8. The van der Waals surface area contributed by atoms with Crippen LogP contribution in [0.2, 0.25) is 0 Å². The van der Waals surface area contributed by atoms with Crippen molar-refractivity contribution in [3.8, 4) is 0 Å². The highest BCUT2D eigenvalue weighted by Crippen LogP contribution is 2.09. The van der Waals surface area contributed by atoms with E-state index < -0.39 is 10.0 Å². The molecule has 0 spiro atoms. The summed E-state index contributed by atoms with van der Waals surface area (Å²) in [7, 11) is -3.58. The maximum Gasteiger partial charge on any atom is 0.257 e. The Labute approximate surface area is 112 Å². The summed E-state index contributed by atoms with van der Waals surface area (Å²) in [5.74, 6) is 0.00649. The molecule has 1 aliphatic rings. The van der Waals surface area contributed by atoms with Crippen molar-refractivity contribution in [2.24, 2.45) is 0 Å². The van der Waals surface area contributed by atoms with E-state index >= 15 is 0 Å². The number of aromatic nitrogens is 2. The molecule has 106 valence electrons. The lowest BCUT2D eigenvalue weighted by molar-refractivity contribution is -0.131. The van der Waals surface area contributed by atoms with Gasteiger partial charge >= 0.3 is 0 Å². The smallest absolute Gasteiger partial charge is 0.257 e. The van der Waals surface area contributed by atoms with E-state index in [2.05, 4.69) is 14.7 Å². The van der Waals surface area contributed by atoms with Gasteiger partial charge in [0.1, 0.15) is 0 Å². The zero-order valence-electron chi connectivity index (χ0n) is 10.6. The molecule has 2 heterocycles. The second-order valence-corrected chi connectivity index (χ2v) is 6.24. The SMILES string of the molecule is O=C(CCNS(=O)(=O)c1cnc[nH]1)N1CCCCC1. The van der Waals surface area contributed by atoms with Crippen LogP contribution < -0.4 is 4.72 Å². The highest BCUT2D eigenvalue weighted by Gasteiger charge is 2.18. The Balaban J connectivity index is 1.78. The molecule has 1 saturated heterocycles. The number of hydrogen-bond donors (Lipinski definition) is 2. The van der Waals surface area contributed by atoms with Gasteiger partial charge in [0.25, 0.3) is 10.0 Å². The molecule has 1 fully saturated rings. The molecule has 8 heteroatoms. The summed E-state index contributed by atoms with van der Waals surface area (Å²) in [6, 6.07) is 0. The van der Waals surface area contributed by atoms with Gasteiger partial charge in [0.15, 0.2) is 5.03 Å². The van der Waals surface area contributed by atoms with Crippen molar-refractivity contribution in [3.63, 3.8) is 0 Å². The number of rotatable bonds is 5. The third-order valence-electron chi connectivity index (χ3n) is 3.10. The Kier molecular flexibility index (Phi) is 4.54. The second kappa shape index (κ2) is 6.16. The number of nitrogens with one attached hydrogen (secondary N) is 2. The molecule has 0 radical (unpaired) electrons. The average molecular weight is 286 g/mol. The van der Waals surface area contributed by atoms with Gasteiger partial charge in [-0.2, -0.15) is 0 Å². The number of carbonyl (C=O) groups is 1. The van der Waals surface area contributed by atoms with Crippen LogP contribution in [0.3, 0.4) is 0 Å². The number of aromatic amines is 1. The van der Waals surface area contributed by atoms with Crippen LogP contribution in [0.1, 0.15) is 25.7 Å². The van der Waals surface area contributed by atoms with Crippen molar-refractivity contribution in [1.82, 2.24) is 19.6 Å². The normalized spacial score (nSPS) is 16.5. The van der Waals surface area contributed by atoms with E-state index in [1.54, 1.807) is 4.90 Å². The number of piperidine rings is 1. The summed E-state index contributed by atoms with van der Waals surface area (Å²) in [6.07, 6.45) is 5.95. The number of nitrogens with zero attached hydrogens (tertiary/aromatic N) is 2. The van der Waals surface area contributed by atoms with Crippen LogP contribution in [0.15, 0.2) is 17.6 Å². The molecule has 2 rings (SSSR count). The van der Waals surface area contributed by atoms with Crippen LogP contribution in [0.5, 0.6) is 0 Å². The van der Waals surface area contributed by atoms with Gasteiger partial charge in [-0.3, -0.25) is 4.79 Å². The summed E-state index contributed by atoms with van der Waals surface area (Å²) < 4.78 is 25.9. The zero-order valence-corrected chi connectivity index (χ0v) is 11.4. The zero-order chi connectivity index (χ0) is 13.7. The number of imidazole rings is 1. The minimum absolute atomic E-state index is 0.00649. The average Bonchev–Trinajstić information content (AvgIpc) is 2.94. The molecule has 19 heavy (non-hydrogen) atoms. The molecule has 0 atom stereocenters. The van der Waals surface area contributed by atoms with Crippen LogP contribution in [0.4, 0.5) is 0 Å². The van der Waals surface area contributed by atoms with E-state index in [0.717, 1.165) is 32.4 Å². The minimum Gasteiger partial charge on any atom is -0.343 e. The number of H-pyrrole nitrogens is 1. The van der Waals surface area contributed by atoms with E-state index in [0.29, 0.717) is 0 Å². The van der Waals surface area contributed by atoms with E-state index in [4.69, 9.17) is 0 Å². The van der Waals surface area contributed by atoms with E-state index in [-0.39, 0.29) is 23.9 Å². The fraction of sp³-hybridized carbons (Fsp3) is 0.636. The highest BCUT2D eigenvalue weighted by molar-refractivity contribution is 7.89. The second-order valence-electron chi connectivity index (χ2n) is 4.51. The maximum atomic E-state index is 11.8. The van der Waals surface area contributed by atoms with Gasteiger partial charge in [-0.15, -0.1) is 0 Å². The Morgan fingerprint density at radius 3 is 2.74 bits per heavy atom. The summed E-state index contributed by atoms with van der Waals surface area (Å²) in [6.45, 7) is 1.68. The molecule has 0 unspecified atom stereocenters. The van der Waals surface area contributed by atoms with Crippen molar-refractivity contribution >= 4 is 15.9 Å². The lowest BCUT2D eigenvalue weighted by atomic mass is 10.1. The molecule has 1 aromatic heterocycles. The van der Waals surface area contributed by atoms with Crippen molar-refractivity contribution < 1.29 is 13.2 Å². The van der Waals surface area contributed by atoms with Crippen LogP contribution in [-0.4, -0.2) is 48.8 Å². The molecule has 0 aliphatic carbocycles. The van der Waals surface area contributed by atoms with Gasteiger partial charge in [0.05, 0.1) is 12.5 Å². The predicted molar refractivity (Wildman–Crippen MR) is 68.8 cm³/mol. The lowest BCUT2D eigenvalue weighted by Gasteiger charge is -2.26. The molecule has 0 aromatic carbocycles. The molecule has 1 aliphatic heterocycles. The molecule has 1 amide bonds. The monoisotopic (exact) mass is 286 g/mol. The third-order valence-corrected chi connectivity index (χ3v) is 4.49. The van der Waals surface area contributed by atoms with Gasteiger partial charge < -0.3 is 9.88 Å². The standard InChI is InChI=1S/C11H18N4O3S/c16-11(15-6-2-1-3-7-15)4-5-14-19(17,18)10-8-12-9-13-10/h8-9,14H,1-7H2,(H,12,13). The lowest BCUT2D eigenvalue weighted by Crippen LogP contribution is -2.37. The molecule has 1 aromatic rings. The topological polar surface area (TPSA) is 95.2 Å². The minimum atomic E-state index is -3.58. The van der Waals surface area contributed by atoms with Crippen LogP contribution in [0.25, 0.3) is 0 Å². The number of amides is 1. The highest BCUT2D eigenvalue weighted by atomic mass is 32.2. The molecular formula is C11H18N4O3S. The van der Waals surface area contributed by atoms with Crippen molar-refractivity contribution in [2.75, 3.05) is 19.6 Å². The van der Waals surface area contributed by atoms with Gasteiger partial charge in [0, 0.05) is 26.1 Å². The Morgan fingerprint density at radius 2 is 2.11 bits per heavy atom. The van der Waals surface area contributed by atoms with Gasteiger partial charge in [-0.05, 0) is 19.3 Å². The number of carbonyl (C=O) groups excluding carboxylic acids is 1. The summed E-state index contributed by atoms with van der Waals surface area (Å²) in [5.41, 5.74) is 0. The van der Waals surface area contributed by atoms with E-state index in [1.165, 1.54) is 12.5 Å². The van der Waals surface area contributed by atoms with Crippen LogP contribution in [0, 0.1) is 0 Å². The third kappa shape index (κ3) is 3.77. The molecular weight excluding hydrogens is 268 g/mol. The molecule has 0 bridgehead atoms. The van der Waals surface area contributed by atoms with Crippen LogP contribution in [-0.2, 0) is 14.8 Å². The van der Waals surface area contributed by atoms with Crippen molar-refractivity contribution in [1.29, 1.82) is 0 Å². The number of sulfonamides is 1. The summed E-state index contributed by atoms with van der Waals surface area (Å²) in [5, 5.41) is 0.0120. The van der Waals surface area contributed by atoms with E-state index in [1.807, 2.05) is 0 Å². The predicted octanol–water partition coefficient (Wildman–Crippen LogP) is 0.0906. The van der Waals surface area contributed by atoms with E-state index in [9.17, 15) is 13.2 Å². The maximum absolute atomic E-state index is 11.8. The Morgan fingerprint density at radius 1 is 1.37 bits per heavy atom. The Bertz CT molecular complexity index is 506. The summed E-state index contributed by atoms with van der Waals surface area (Å²) >= 11 is 0. The first-order chi connectivity index (χ1) is 9.09. The molecule has 0 saturated carbocycles. The molecule has 7 nitrogen and oxygen atoms in total. The fourth-order valence-corrected chi connectivity index (χ4v) is 3.00. The van der Waals surface area contributed by atoms with Crippen molar-refractivity contribution in [2.45, 2.75) is 30.7 Å². The quantitative estimate of drug-likeness (QED) is 0.802. The van der Waals surface area contributed by atoms with Gasteiger partial charge in [0.2, 0.25) is 5.91 Å². The van der Waals surface area contributed by atoms with Gasteiger partial charge in [-0.25, -0.2) is 18.1 Å². The largest absolute Gasteiger partial charge is 0.343 e. The first kappa shape index (κ1) is 14.0. The number of likely N-dealkylation sites (tertiary alicyclic amines) is 1. The molecule has 2 N–H and O–H groups in total.